The summed E-state index contributed by atoms with van der Waals surface area (Å²) in [5.41, 5.74) is 2.70. The maximum Gasteiger partial charge on any atom is 0.0974 e. The molecule has 0 bridgehead atoms. The van der Waals surface area contributed by atoms with E-state index in [-0.39, 0.29) is 0 Å². The summed E-state index contributed by atoms with van der Waals surface area (Å²) in [5.74, 6) is 0. The molecule has 0 amide bonds. The van der Waals surface area contributed by atoms with Crippen molar-refractivity contribution in [1.82, 2.24) is 0 Å². The van der Waals surface area contributed by atoms with Crippen molar-refractivity contribution >= 4 is 6.08 Å². The van der Waals surface area contributed by atoms with Crippen molar-refractivity contribution in [2.45, 2.75) is 45.1 Å². The van der Waals surface area contributed by atoms with Crippen molar-refractivity contribution in [3.05, 3.63) is 78.2 Å². The van der Waals surface area contributed by atoms with Crippen molar-refractivity contribution < 1.29 is 13.9 Å². The molecule has 3 nitrogen and oxygen atoms in total. The van der Waals surface area contributed by atoms with Crippen LogP contribution in [0.1, 0.15) is 44.2 Å². The van der Waals surface area contributed by atoms with E-state index < -0.39 is 5.60 Å². The van der Waals surface area contributed by atoms with E-state index in [1.54, 1.807) is 25.1 Å². The van der Waals surface area contributed by atoms with Crippen LogP contribution in [0.25, 0.3) is 6.08 Å². The molecule has 1 atom stereocenters. The molecule has 2 rings (SSSR count). The SMILES string of the molecule is C/C(=C\CCc1ccoc1)C/C=C/[C@](C)(O)C/C=C/c1ccoc1. The minimum absolute atomic E-state index is 0.567. The van der Waals surface area contributed by atoms with Gasteiger partial charge in [-0.05, 0) is 57.2 Å². The monoisotopic (exact) mass is 326 g/mol. The topological polar surface area (TPSA) is 46.5 Å². The van der Waals surface area contributed by atoms with Gasteiger partial charge in [0.2, 0.25) is 0 Å². The van der Waals surface area contributed by atoms with Gasteiger partial charge in [-0.25, -0.2) is 0 Å². The molecule has 0 saturated carbocycles. The largest absolute Gasteiger partial charge is 0.472 e. The molecule has 0 aliphatic rings. The van der Waals surface area contributed by atoms with Gasteiger partial charge in [-0.3, -0.25) is 0 Å². The predicted octanol–water partition coefficient (Wildman–Crippen LogP) is 5.55. The predicted molar refractivity (Wildman–Crippen MR) is 97.5 cm³/mol. The molecule has 0 unspecified atom stereocenters. The summed E-state index contributed by atoms with van der Waals surface area (Å²) in [6.45, 7) is 3.94. The van der Waals surface area contributed by atoms with Crippen molar-refractivity contribution in [2.75, 3.05) is 0 Å². The van der Waals surface area contributed by atoms with Gasteiger partial charge in [-0.2, -0.15) is 0 Å². The first-order valence-corrected chi connectivity index (χ1v) is 8.31. The highest BCUT2D eigenvalue weighted by Gasteiger charge is 2.13. The van der Waals surface area contributed by atoms with Crippen LogP contribution in [0, 0.1) is 0 Å². The minimum Gasteiger partial charge on any atom is -0.472 e. The Hall–Kier alpha value is -2.26. The number of hydrogen-bond donors (Lipinski definition) is 1. The smallest absolute Gasteiger partial charge is 0.0974 e. The van der Waals surface area contributed by atoms with Gasteiger partial charge in [-0.15, -0.1) is 0 Å². The Morgan fingerprint density at radius 2 is 1.96 bits per heavy atom. The molecule has 24 heavy (non-hydrogen) atoms. The summed E-state index contributed by atoms with van der Waals surface area (Å²) in [6.07, 6.45) is 20.3. The van der Waals surface area contributed by atoms with Crippen molar-refractivity contribution in [1.29, 1.82) is 0 Å². The first-order chi connectivity index (χ1) is 11.6. The lowest BCUT2D eigenvalue weighted by atomic mass is 10.00. The Balaban J connectivity index is 1.72. The van der Waals surface area contributed by atoms with E-state index >= 15 is 0 Å². The number of allylic oxidation sites excluding steroid dienone is 3. The summed E-state index contributed by atoms with van der Waals surface area (Å²) in [7, 11) is 0. The lowest BCUT2D eigenvalue weighted by molar-refractivity contribution is 0.115. The number of hydrogen-bond acceptors (Lipinski definition) is 3. The van der Waals surface area contributed by atoms with Gasteiger partial charge in [0.05, 0.1) is 30.7 Å². The molecule has 2 aromatic rings. The van der Waals surface area contributed by atoms with Crippen LogP contribution in [0.5, 0.6) is 0 Å². The summed E-state index contributed by atoms with van der Waals surface area (Å²) >= 11 is 0. The van der Waals surface area contributed by atoms with E-state index in [4.69, 9.17) is 8.83 Å². The molecule has 0 saturated heterocycles. The zero-order chi connectivity index (χ0) is 17.3. The number of aliphatic hydroxyl groups is 1. The quantitative estimate of drug-likeness (QED) is 0.614. The number of furan rings is 2. The van der Waals surface area contributed by atoms with E-state index in [9.17, 15) is 5.11 Å². The van der Waals surface area contributed by atoms with E-state index in [1.807, 2.05) is 43.4 Å². The van der Waals surface area contributed by atoms with Crippen molar-refractivity contribution in [3.63, 3.8) is 0 Å². The Labute approximate surface area is 144 Å². The van der Waals surface area contributed by atoms with Crippen LogP contribution >= 0.6 is 0 Å². The first-order valence-electron chi connectivity index (χ1n) is 8.31. The molecule has 0 radical (unpaired) electrons. The number of rotatable bonds is 9. The van der Waals surface area contributed by atoms with Gasteiger partial charge < -0.3 is 13.9 Å². The minimum atomic E-state index is -0.836. The molecule has 0 aromatic carbocycles. The van der Waals surface area contributed by atoms with Crippen LogP contribution in [0.4, 0.5) is 0 Å². The van der Waals surface area contributed by atoms with Crippen LogP contribution in [-0.2, 0) is 6.42 Å². The molecular weight excluding hydrogens is 300 g/mol. The highest BCUT2D eigenvalue weighted by molar-refractivity contribution is 5.47. The molecule has 0 aliphatic carbocycles. The molecule has 1 N–H and O–H groups in total. The Morgan fingerprint density at radius 1 is 1.17 bits per heavy atom. The molecule has 0 fully saturated rings. The first kappa shape index (κ1) is 18.1. The fraction of sp³-hybridized carbons (Fsp3) is 0.333. The van der Waals surface area contributed by atoms with Crippen LogP contribution in [0.3, 0.4) is 0 Å². The molecule has 128 valence electrons. The van der Waals surface area contributed by atoms with Crippen LogP contribution in [0.15, 0.2) is 75.9 Å². The van der Waals surface area contributed by atoms with E-state index in [1.165, 1.54) is 11.1 Å². The van der Waals surface area contributed by atoms with Crippen LogP contribution < -0.4 is 0 Å². The third-order valence-electron chi connectivity index (χ3n) is 3.81. The van der Waals surface area contributed by atoms with Gasteiger partial charge in [0.1, 0.15) is 0 Å². The normalized spacial score (nSPS) is 15.4. The van der Waals surface area contributed by atoms with Gasteiger partial charge in [0.25, 0.3) is 0 Å². The fourth-order valence-electron chi connectivity index (χ4n) is 2.37. The average molecular weight is 326 g/mol. The second-order valence-corrected chi connectivity index (χ2v) is 6.35. The lowest BCUT2D eigenvalue weighted by Crippen LogP contribution is -2.19. The van der Waals surface area contributed by atoms with Gasteiger partial charge in [0.15, 0.2) is 0 Å². The van der Waals surface area contributed by atoms with Crippen molar-refractivity contribution in [2.24, 2.45) is 0 Å². The Kier molecular flexibility index (Phi) is 6.89. The van der Waals surface area contributed by atoms with Gasteiger partial charge in [-0.1, -0.05) is 36.0 Å². The average Bonchev–Trinajstić information content (AvgIpc) is 3.20. The molecule has 3 heteroatoms. The van der Waals surface area contributed by atoms with Crippen molar-refractivity contribution in [3.8, 4) is 0 Å². The zero-order valence-corrected chi connectivity index (χ0v) is 14.4. The maximum atomic E-state index is 10.4. The Morgan fingerprint density at radius 3 is 2.67 bits per heavy atom. The Bertz CT molecular complexity index is 656. The summed E-state index contributed by atoms with van der Waals surface area (Å²) in [5, 5.41) is 10.4. The van der Waals surface area contributed by atoms with E-state index in [0.29, 0.717) is 6.42 Å². The highest BCUT2D eigenvalue weighted by atomic mass is 16.3. The van der Waals surface area contributed by atoms with E-state index in [0.717, 1.165) is 24.8 Å². The van der Waals surface area contributed by atoms with E-state index in [2.05, 4.69) is 13.0 Å². The molecule has 2 heterocycles. The highest BCUT2D eigenvalue weighted by Crippen LogP contribution is 2.15. The summed E-state index contributed by atoms with van der Waals surface area (Å²) in [6, 6.07) is 3.88. The number of aryl methyl sites for hydroxylation is 1. The van der Waals surface area contributed by atoms with Gasteiger partial charge >= 0.3 is 0 Å². The lowest BCUT2D eigenvalue weighted by Gasteiger charge is -2.16. The zero-order valence-electron chi connectivity index (χ0n) is 14.4. The maximum absolute atomic E-state index is 10.4. The third-order valence-corrected chi connectivity index (χ3v) is 3.81. The van der Waals surface area contributed by atoms with Gasteiger partial charge in [0, 0.05) is 5.56 Å². The van der Waals surface area contributed by atoms with Crippen LogP contribution in [0.2, 0.25) is 0 Å². The standard InChI is InChI=1S/C21H26O3/c1-18(6-3-8-19-10-14-23-16-19)7-4-12-21(2,22)13-5-9-20-11-15-24-17-20/h4-6,9-12,14-17,22H,3,7-8,13H2,1-2H3/b9-5+,12-4+,18-6+/t21-/m0/s1. The molecular formula is C21H26O3. The van der Waals surface area contributed by atoms with Crippen LogP contribution in [-0.4, -0.2) is 10.7 Å². The summed E-state index contributed by atoms with van der Waals surface area (Å²) in [4.78, 5) is 0. The molecule has 0 aliphatic heterocycles. The molecule has 2 aromatic heterocycles. The fourth-order valence-corrected chi connectivity index (χ4v) is 2.37. The third kappa shape index (κ3) is 6.88. The second kappa shape index (κ2) is 9.14. The molecule has 0 spiro atoms. The second-order valence-electron chi connectivity index (χ2n) is 6.35. The summed E-state index contributed by atoms with van der Waals surface area (Å²) < 4.78 is 10.1.